The van der Waals surface area contributed by atoms with Crippen LogP contribution in [0.3, 0.4) is 0 Å². The van der Waals surface area contributed by atoms with Crippen molar-refractivity contribution in [1.29, 1.82) is 0 Å². The van der Waals surface area contributed by atoms with Gasteiger partial charge in [0.2, 0.25) is 0 Å². The first-order chi connectivity index (χ1) is 8.20. The molecule has 17 heavy (non-hydrogen) atoms. The summed E-state index contributed by atoms with van der Waals surface area (Å²) in [4.78, 5) is 1.02. The minimum absolute atomic E-state index is 0.241. The summed E-state index contributed by atoms with van der Waals surface area (Å²) >= 11 is 1.82. The molecule has 0 aliphatic heterocycles. The summed E-state index contributed by atoms with van der Waals surface area (Å²) in [5.41, 5.74) is 5.73. The Balaban J connectivity index is 2.05. The van der Waals surface area contributed by atoms with Crippen molar-refractivity contribution in [2.24, 2.45) is 5.92 Å². The Labute approximate surface area is 107 Å². The molecule has 2 atom stereocenters. The van der Waals surface area contributed by atoms with E-state index in [1.54, 1.807) is 12.1 Å². The van der Waals surface area contributed by atoms with Crippen molar-refractivity contribution >= 4 is 17.4 Å². The van der Waals surface area contributed by atoms with Gasteiger partial charge in [0.1, 0.15) is 5.82 Å². The Morgan fingerprint density at radius 3 is 2.82 bits per heavy atom. The van der Waals surface area contributed by atoms with Gasteiger partial charge in [-0.15, -0.1) is 11.8 Å². The maximum Gasteiger partial charge on any atom is 0.147 e. The minimum Gasteiger partial charge on any atom is -0.396 e. The topological polar surface area (TPSA) is 26.0 Å². The Kier molecular flexibility index (Phi) is 4.32. The normalized spacial score (nSPS) is 24.8. The highest BCUT2D eigenvalue weighted by Crippen LogP contribution is 2.39. The van der Waals surface area contributed by atoms with Crippen LogP contribution in [0.1, 0.15) is 39.0 Å². The first kappa shape index (κ1) is 12.7. The van der Waals surface area contributed by atoms with Gasteiger partial charge in [0.05, 0.1) is 5.69 Å². The molecule has 2 unspecified atom stereocenters. The average Bonchev–Trinajstić information content (AvgIpc) is 2.34. The first-order valence-corrected chi connectivity index (χ1v) is 7.30. The lowest BCUT2D eigenvalue weighted by molar-refractivity contribution is 0.361. The lowest BCUT2D eigenvalue weighted by Crippen LogP contribution is -2.21. The molecule has 0 amide bonds. The Hall–Kier alpha value is -0.700. The fraction of sp³-hybridized carbons (Fsp3) is 0.571. The quantitative estimate of drug-likeness (QED) is 0.804. The molecule has 1 nitrogen and oxygen atoms in total. The van der Waals surface area contributed by atoms with Crippen LogP contribution in [0.4, 0.5) is 10.1 Å². The van der Waals surface area contributed by atoms with Crippen molar-refractivity contribution < 1.29 is 4.39 Å². The molecular weight excluding hydrogens is 233 g/mol. The third-order valence-electron chi connectivity index (χ3n) is 3.62. The van der Waals surface area contributed by atoms with Crippen molar-refractivity contribution in [1.82, 2.24) is 0 Å². The van der Waals surface area contributed by atoms with Crippen LogP contribution >= 0.6 is 11.8 Å². The van der Waals surface area contributed by atoms with Crippen LogP contribution in [0.2, 0.25) is 0 Å². The van der Waals surface area contributed by atoms with E-state index in [-0.39, 0.29) is 11.5 Å². The maximum absolute atomic E-state index is 13.4. The van der Waals surface area contributed by atoms with Crippen LogP contribution in [0.25, 0.3) is 0 Å². The number of hydrogen-bond acceptors (Lipinski definition) is 2. The molecule has 2 N–H and O–H groups in total. The van der Waals surface area contributed by atoms with E-state index in [0.717, 1.165) is 10.8 Å². The monoisotopic (exact) mass is 253 g/mol. The Morgan fingerprint density at radius 2 is 2.12 bits per heavy atom. The van der Waals surface area contributed by atoms with Crippen molar-refractivity contribution in [3.05, 3.63) is 24.0 Å². The number of thioether (sulfide) groups is 1. The summed E-state index contributed by atoms with van der Waals surface area (Å²) in [5.74, 6) is 0.494. The van der Waals surface area contributed by atoms with Gasteiger partial charge in [0.25, 0.3) is 0 Å². The maximum atomic E-state index is 13.4. The van der Waals surface area contributed by atoms with Gasteiger partial charge in [-0.3, -0.25) is 0 Å². The largest absolute Gasteiger partial charge is 0.396 e. The summed E-state index contributed by atoms with van der Waals surface area (Å²) in [6, 6.07) is 5.17. The molecule has 1 saturated carbocycles. The molecule has 0 heterocycles. The molecule has 1 aliphatic rings. The van der Waals surface area contributed by atoms with Crippen molar-refractivity contribution in [3.8, 4) is 0 Å². The van der Waals surface area contributed by atoms with Gasteiger partial charge < -0.3 is 5.73 Å². The van der Waals surface area contributed by atoms with Crippen LogP contribution in [0, 0.1) is 11.7 Å². The molecule has 0 aromatic heterocycles. The highest BCUT2D eigenvalue weighted by Gasteiger charge is 2.24. The number of halogens is 1. The van der Waals surface area contributed by atoms with Gasteiger partial charge in [0, 0.05) is 10.1 Å². The summed E-state index contributed by atoms with van der Waals surface area (Å²) in [6.07, 6.45) is 6.48. The third-order valence-corrected chi connectivity index (χ3v) is 5.07. The second-order valence-corrected chi connectivity index (χ2v) is 6.11. The van der Waals surface area contributed by atoms with E-state index in [4.69, 9.17) is 5.73 Å². The second-order valence-electron chi connectivity index (χ2n) is 4.79. The summed E-state index contributed by atoms with van der Waals surface area (Å²) in [5, 5.41) is 0.650. The van der Waals surface area contributed by atoms with E-state index in [1.165, 1.54) is 32.1 Å². The van der Waals surface area contributed by atoms with Crippen molar-refractivity contribution in [2.75, 3.05) is 5.73 Å². The van der Waals surface area contributed by atoms with Crippen LogP contribution in [-0.2, 0) is 0 Å². The van der Waals surface area contributed by atoms with Gasteiger partial charge >= 0.3 is 0 Å². The average molecular weight is 253 g/mol. The molecular formula is C14H20FNS. The van der Waals surface area contributed by atoms with E-state index in [2.05, 4.69) is 6.92 Å². The zero-order valence-electron chi connectivity index (χ0n) is 10.3. The molecule has 0 bridgehead atoms. The molecule has 0 radical (unpaired) electrons. The summed E-state index contributed by atoms with van der Waals surface area (Å²) < 4.78 is 13.4. The molecule has 0 saturated heterocycles. The van der Waals surface area contributed by atoms with Crippen molar-refractivity contribution in [2.45, 2.75) is 49.2 Å². The zero-order valence-corrected chi connectivity index (χ0v) is 11.1. The van der Waals surface area contributed by atoms with E-state index in [9.17, 15) is 4.39 Å². The molecule has 94 valence electrons. The molecule has 1 aromatic carbocycles. The Morgan fingerprint density at radius 1 is 1.35 bits per heavy atom. The van der Waals surface area contributed by atoms with Gasteiger partial charge in [-0.1, -0.05) is 26.2 Å². The third kappa shape index (κ3) is 3.15. The summed E-state index contributed by atoms with van der Waals surface area (Å²) in [6.45, 7) is 2.26. The van der Waals surface area contributed by atoms with Crippen LogP contribution in [0.5, 0.6) is 0 Å². The fourth-order valence-corrected chi connectivity index (χ4v) is 4.02. The lowest BCUT2D eigenvalue weighted by atomic mass is 9.87. The second kappa shape index (κ2) is 5.76. The van der Waals surface area contributed by atoms with E-state index >= 15 is 0 Å². The number of nitrogen functional groups attached to an aromatic ring is 1. The number of benzene rings is 1. The van der Waals surface area contributed by atoms with Crippen LogP contribution < -0.4 is 5.73 Å². The lowest BCUT2D eigenvalue weighted by Gasteiger charge is -2.30. The smallest absolute Gasteiger partial charge is 0.147 e. The number of anilines is 1. The van der Waals surface area contributed by atoms with Gasteiger partial charge in [-0.25, -0.2) is 4.39 Å². The molecule has 1 aliphatic carbocycles. The van der Waals surface area contributed by atoms with Crippen molar-refractivity contribution in [3.63, 3.8) is 0 Å². The summed E-state index contributed by atoms with van der Waals surface area (Å²) in [7, 11) is 0. The van der Waals surface area contributed by atoms with Gasteiger partial charge in [-0.2, -0.15) is 0 Å². The molecule has 2 rings (SSSR count). The molecule has 0 spiro atoms. The van der Waals surface area contributed by atoms with Gasteiger partial charge in [-0.05, 0) is 37.0 Å². The highest BCUT2D eigenvalue weighted by atomic mass is 32.2. The number of nitrogens with two attached hydrogens (primary N) is 1. The SMILES string of the molecule is CCC1CCCCC1Sc1ccc(N)c(F)c1. The van der Waals surface area contributed by atoms with Gasteiger partial charge in [0.15, 0.2) is 0 Å². The van der Waals surface area contributed by atoms with E-state index in [0.29, 0.717) is 5.25 Å². The first-order valence-electron chi connectivity index (χ1n) is 6.42. The number of hydrogen-bond donors (Lipinski definition) is 1. The molecule has 1 fully saturated rings. The van der Waals surface area contributed by atoms with E-state index < -0.39 is 0 Å². The van der Waals surface area contributed by atoms with Crippen LogP contribution in [-0.4, -0.2) is 5.25 Å². The van der Waals surface area contributed by atoms with E-state index in [1.807, 2.05) is 17.8 Å². The molecule has 3 heteroatoms. The fourth-order valence-electron chi connectivity index (χ4n) is 2.55. The van der Waals surface area contributed by atoms with Crippen LogP contribution in [0.15, 0.2) is 23.1 Å². The minimum atomic E-state index is -0.293. The predicted molar refractivity (Wildman–Crippen MR) is 72.7 cm³/mol. The highest BCUT2D eigenvalue weighted by molar-refractivity contribution is 8.00. The predicted octanol–water partition coefficient (Wildman–Crippen LogP) is 4.47. The Bertz CT molecular complexity index is 380. The zero-order chi connectivity index (χ0) is 12.3. The standard InChI is InChI=1S/C14H20FNS/c1-2-10-5-3-4-6-14(10)17-11-7-8-13(16)12(15)9-11/h7-10,14H,2-6,16H2,1H3. The molecule has 1 aromatic rings. The number of rotatable bonds is 3.